The van der Waals surface area contributed by atoms with Crippen LogP contribution in [0, 0.1) is 17.0 Å². The maximum Gasteiger partial charge on any atom is 0.245 e. The fourth-order valence-electron chi connectivity index (χ4n) is 6.63. The number of aryl methyl sites for hydroxylation is 1. The van der Waals surface area contributed by atoms with E-state index in [1.807, 2.05) is 19.0 Å². The number of hydrogen-bond donors (Lipinski definition) is 0. The Bertz CT molecular complexity index is 1780. The highest BCUT2D eigenvalue weighted by atomic mass is 35.5. The number of amides is 1. The molecule has 3 fully saturated rings. The van der Waals surface area contributed by atoms with Gasteiger partial charge in [-0.25, -0.2) is 13.8 Å². The molecule has 3 aliphatic heterocycles. The van der Waals surface area contributed by atoms with Crippen molar-refractivity contribution in [3.63, 3.8) is 0 Å². The normalized spacial score (nSPS) is 18.4. The van der Waals surface area contributed by atoms with Crippen molar-refractivity contribution in [3.05, 3.63) is 53.7 Å². The SMILES string of the molecule is C=CC(=O)N1CC2(CCN(c3nc(N4CC(N(C)C)C4)nc4c(F)c(-c5c(F)ccc6cnn(C)c56)c(Cl)cc34)C2)C1. The lowest BCUT2D eigenvalue weighted by molar-refractivity contribution is -0.136. The fourth-order valence-corrected chi connectivity index (χ4v) is 6.91. The van der Waals surface area contributed by atoms with Gasteiger partial charge in [-0.3, -0.25) is 9.48 Å². The molecule has 1 spiro atoms. The first kappa shape index (κ1) is 27.0. The number of likely N-dealkylation sites (tertiary alicyclic amines) is 1. The zero-order chi connectivity index (χ0) is 29.5. The van der Waals surface area contributed by atoms with E-state index in [1.165, 1.54) is 16.8 Å². The van der Waals surface area contributed by atoms with Gasteiger partial charge in [0.15, 0.2) is 5.82 Å². The van der Waals surface area contributed by atoms with Crippen LogP contribution in [0.1, 0.15) is 6.42 Å². The van der Waals surface area contributed by atoms with Gasteiger partial charge in [-0.15, -0.1) is 0 Å². The Labute approximate surface area is 247 Å². The predicted octanol–water partition coefficient (Wildman–Crippen LogP) is 4.09. The van der Waals surface area contributed by atoms with Crippen molar-refractivity contribution in [3.8, 4) is 11.1 Å². The smallest absolute Gasteiger partial charge is 0.245 e. The van der Waals surface area contributed by atoms with Crippen LogP contribution in [0.15, 0.2) is 37.1 Å². The minimum Gasteiger partial charge on any atom is -0.355 e. The summed E-state index contributed by atoms with van der Waals surface area (Å²) in [5.41, 5.74) is 0.503. The summed E-state index contributed by atoms with van der Waals surface area (Å²) in [4.78, 5) is 29.9. The lowest BCUT2D eigenvalue weighted by atomic mass is 9.79. The van der Waals surface area contributed by atoms with Crippen LogP contribution < -0.4 is 9.80 Å². The minimum atomic E-state index is -0.694. The van der Waals surface area contributed by atoms with Gasteiger partial charge in [-0.1, -0.05) is 18.2 Å². The largest absolute Gasteiger partial charge is 0.355 e. The molecule has 0 unspecified atom stereocenters. The molecule has 4 aromatic rings. The van der Waals surface area contributed by atoms with Crippen molar-refractivity contribution in [1.82, 2.24) is 29.5 Å². The van der Waals surface area contributed by atoms with Crippen LogP contribution in [0.4, 0.5) is 20.5 Å². The van der Waals surface area contributed by atoms with E-state index >= 15 is 8.78 Å². The summed E-state index contributed by atoms with van der Waals surface area (Å²) in [6.07, 6.45) is 3.83. The Kier molecular flexibility index (Phi) is 6.18. The van der Waals surface area contributed by atoms with Gasteiger partial charge in [0.25, 0.3) is 0 Å². The molecule has 2 aromatic heterocycles. The van der Waals surface area contributed by atoms with Crippen LogP contribution in [0.3, 0.4) is 0 Å². The number of fused-ring (bicyclic) bond motifs is 2. The average Bonchev–Trinajstić information content (AvgIpc) is 3.52. The van der Waals surface area contributed by atoms with Gasteiger partial charge in [0.05, 0.1) is 16.7 Å². The first-order valence-corrected chi connectivity index (χ1v) is 14.3. The molecule has 7 rings (SSSR count). The highest BCUT2D eigenvalue weighted by molar-refractivity contribution is 6.35. The van der Waals surface area contributed by atoms with Crippen molar-refractivity contribution < 1.29 is 13.6 Å². The van der Waals surface area contributed by atoms with E-state index in [9.17, 15) is 4.79 Å². The average molecular weight is 593 g/mol. The Morgan fingerprint density at radius 3 is 2.62 bits per heavy atom. The molecular formula is C30H31ClF2N8O. The standard InChI is InChI=1S/C30H31ClF2N8O/c1-5-22(42)41-15-30(16-41)8-9-39(14-30)28-19-10-20(31)23(24-21(32)7-6-17-11-34-38(4)27(17)24)25(33)26(19)35-29(36-28)40-12-18(13-40)37(2)3/h5-7,10-11,18H,1,8-9,12-16H2,2-4H3. The quantitative estimate of drug-likeness (QED) is 0.323. The fraction of sp³-hybridized carbons (Fsp3) is 0.400. The third-order valence-electron chi connectivity index (χ3n) is 9.11. The zero-order valence-corrected chi connectivity index (χ0v) is 24.5. The molecular weight excluding hydrogens is 562 g/mol. The van der Waals surface area contributed by atoms with Crippen molar-refractivity contribution in [1.29, 1.82) is 0 Å². The molecule has 0 saturated carbocycles. The number of carbonyl (C=O) groups excluding carboxylic acids is 1. The van der Waals surface area contributed by atoms with Crippen LogP contribution in [0.25, 0.3) is 32.9 Å². The molecule has 0 atom stereocenters. The number of rotatable bonds is 5. The molecule has 9 nitrogen and oxygen atoms in total. The van der Waals surface area contributed by atoms with E-state index in [0.717, 1.165) is 6.42 Å². The Morgan fingerprint density at radius 1 is 1.14 bits per heavy atom. The van der Waals surface area contributed by atoms with Crippen LogP contribution >= 0.6 is 11.6 Å². The second kappa shape index (κ2) is 9.60. The van der Waals surface area contributed by atoms with Gasteiger partial charge in [-0.05, 0) is 44.8 Å². The molecule has 42 heavy (non-hydrogen) atoms. The summed E-state index contributed by atoms with van der Waals surface area (Å²) < 4.78 is 33.7. The number of aromatic nitrogens is 4. The first-order valence-electron chi connectivity index (χ1n) is 14.0. The third-order valence-corrected chi connectivity index (χ3v) is 9.40. The van der Waals surface area contributed by atoms with Gasteiger partial charge < -0.3 is 19.6 Å². The topological polar surface area (TPSA) is 73.6 Å². The maximum absolute atomic E-state index is 16.7. The van der Waals surface area contributed by atoms with E-state index in [4.69, 9.17) is 21.6 Å². The van der Waals surface area contributed by atoms with Crippen molar-refractivity contribution in [2.45, 2.75) is 12.5 Å². The van der Waals surface area contributed by atoms with Gasteiger partial charge in [0, 0.05) is 79.7 Å². The summed E-state index contributed by atoms with van der Waals surface area (Å²) in [5.74, 6) is -0.332. The van der Waals surface area contributed by atoms with Crippen LogP contribution in [0.5, 0.6) is 0 Å². The molecule has 0 N–H and O–H groups in total. The molecule has 12 heteroatoms. The van der Waals surface area contributed by atoms with E-state index in [-0.39, 0.29) is 33.0 Å². The second-order valence-electron chi connectivity index (χ2n) is 12.0. The van der Waals surface area contributed by atoms with Crippen molar-refractivity contribution in [2.24, 2.45) is 12.5 Å². The highest BCUT2D eigenvalue weighted by Gasteiger charge is 2.49. The van der Waals surface area contributed by atoms with Gasteiger partial charge in [0.2, 0.25) is 11.9 Å². The third kappa shape index (κ3) is 4.04. The van der Waals surface area contributed by atoms with Crippen LogP contribution in [-0.2, 0) is 11.8 Å². The summed E-state index contributed by atoms with van der Waals surface area (Å²) in [5, 5.41) is 5.47. The number of halogens is 3. The number of nitrogens with zero attached hydrogens (tertiary/aromatic N) is 8. The molecule has 1 amide bonds. The monoisotopic (exact) mass is 592 g/mol. The van der Waals surface area contributed by atoms with Crippen LogP contribution in [0.2, 0.25) is 5.02 Å². The number of likely N-dealkylation sites (N-methyl/N-ethyl adjacent to an activating group) is 1. The lowest BCUT2D eigenvalue weighted by Crippen LogP contribution is -2.59. The summed E-state index contributed by atoms with van der Waals surface area (Å²) in [7, 11) is 5.74. The van der Waals surface area contributed by atoms with Gasteiger partial charge in [-0.2, -0.15) is 10.1 Å². The molecule has 3 aliphatic rings. The number of hydrogen-bond acceptors (Lipinski definition) is 7. The zero-order valence-electron chi connectivity index (χ0n) is 23.7. The predicted molar refractivity (Wildman–Crippen MR) is 160 cm³/mol. The second-order valence-corrected chi connectivity index (χ2v) is 12.4. The van der Waals surface area contributed by atoms with Crippen LogP contribution in [-0.4, -0.2) is 94.9 Å². The minimum absolute atomic E-state index is 0.0447. The Balaban J connectivity index is 1.36. The molecule has 218 valence electrons. The summed E-state index contributed by atoms with van der Waals surface area (Å²) in [6, 6.07) is 4.92. The summed E-state index contributed by atoms with van der Waals surface area (Å²) in [6.45, 7) is 7.69. The number of benzene rings is 2. The summed E-state index contributed by atoms with van der Waals surface area (Å²) >= 11 is 6.79. The van der Waals surface area contributed by atoms with E-state index in [1.54, 1.807) is 30.3 Å². The first-order chi connectivity index (χ1) is 20.1. The molecule has 5 heterocycles. The van der Waals surface area contributed by atoms with Gasteiger partial charge >= 0.3 is 0 Å². The number of anilines is 2. The van der Waals surface area contributed by atoms with E-state index in [0.29, 0.717) is 73.4 Å². The molecule has 0 radical (unpaired) electrons. The van der Waals surface area contributed by atoms with E-state index < -0.39 is 11.6 Å². The number of carbonyl (C=O) groups is 1. The highest BCUT2D eigenvalue weighted by Crippen LogP contribution is 2.45. The molecule has 0 bridgehead atoms. The Hall–Kier alpha value is -3.83. The van der Waals surface area contributed by atoms with E-state index in [2.05, 4.69) is 21.5 Å². The van der Waals surface area contributed by atoms with Crippen molar-refractivity contribution in [2.75, 3.05) is 63.2 Å². The molecule has 2 aromatic carbocycles. The molecule has 0 aliphatic carbocycles. The lowest BCUT2D eigenvalue weighted by Gasteiger charge is -2.47. The maximum atomic E-state index is 16.7. The Morgan fingerprint density at radius 2 is 1.90 bits per heavy atom. The van der Waals surface area contributed by atoms with Crippen molar-refractivity contribution >= 4 is 51.1 Å². The molecule has 3 saturated heterocycles. The van der Waals surface area contributed by atoms with Gasteiger partial charge in [0.1, 0.15) is 17.2 Å².